The molecule has 6 heterocycles. The molecule has 19 rings (SSSR count). The van der Waals surface area contributed by atoms with Crippen molar-refractivity contribution in [3.05, 3.63) is 270 Å². The molecule has 13 aromatic carbocycles. The molecule has 0 saturated carbocycles. The first-order valence-corrected chi connectivity index (χ1v) is 29.4. The lowest BCUT2D eigenvalue weighted by Crippen LogP contribution is -2.57. The van der Waals surface area contributed by atoms with Gasteiger partial charge < -0.3 is 18.3 Å². The fourth-order valence-electron chi connectivity index (χ4n) is 15.8. The normalized spacial score (nSPS) is 12.3. The summed E-state index contributed by atoms with van der Waals surface area (Å²) in [6.45, 7) is 17.9. The molecule has 4 aromatic heterocycles. The maximum absolute atomic E-state index is 10.1. The molecule has 0 atom stereocenters. The lowest BCUT2D eigenvalue weighted by molar-refractivity contribution is 1.18. The highest BCUT2D eigenvalue weighted by Gasteiger charge is 2.43. The first kappa shape index (κ1) is 48.0. The van der Waals surface area contributed by atoms with Crippen LogP contribution in [0.25, 0.3) is 163 Å². The molecular formula is C79H41BN8. The second-order valence-electron chi connectivity index (χ2n) is 23.6. The fourth-order valence-corrected chi connectivity index (χ4v) is 15.8. The highest BCUT2D eigenvalue weighted by molar-refractivity contribution is 7.02. The Morgan fingerprint density at radius 1 is 0.352 bits per heavy atom. The fraction of sp³-hybridized carbons (Fsp3) is 0.0127. The Kier molecular flexibility index (Phi) is 9.47. The van der Waals surface area contributed by atoms with Crippen LogP contribution in [0.4, 0.5) is 11.4 Å². The van der Waals surface area contributed by atoms with Gasteiger partial charge in [-0.05, 0) is 155 Å². The van der Waals surface area contributed by atoms with Crippen LogP contribution in [0.5, 0.6) is 0 Å². The Balaban J connectivity index is 1.07. The van der Waals surface area contributed by atoms with Gasteiger partial charge in [-0.25, -0.2) is 9.69 Å². The van der Waals surface area contributed by atoms with E-state index in [-0.39, 0.29) is 6.71 Å². The molecule has 2 aliphatic heterocycles. The molecule has 0 radical (unpaired) electrons. The number of benzene rings is 13. The van der Waals surface area contributed by atoms with E-state index in [1.54, 1.807) is 0 Å². The van der Waals surface area contributed by atoms with Crippen LogP contribution in [0.3, 0.4) is 0 Å². The SMILES string of the molecule is [C-]#[N+]c1ccc(-n2c3ccccc3c3c4c5c(cc6c7ccccc7n(-c7ccc([N+]#[C-])cc7)c6c5cc32)B2c3c(cc(C)cc3-4)-c3c4c2cc2c5ccccc5n(-c5ccc(C#N)cc5)c2c4cc2c3c3ccccc3n2-c2ccc(C#N)cc2)cc1. The molecule has 17 aromatic rings. The molecule has 0 fully saturated rings. The Hall–Kier alpha value is -12.4. The largest absolute Gasteiger partial charge is 0.309 e. The van der Waals surface area contributed by atoms with Crippen LogP contribution in [0.1, 0.15) is 16.7 Å². The summed E-state index contributed by atoms with van der Waals surface area (Å²) in [5, 5.41) is 34.0. The third kappa shape index (κ3) is 6.13. The number of hydrogen-bond donors (Lipinski definition) is 0. The van der Waals surface area contributed by atoms with Crippen molar-refractivity contribution in [3.8, 4) is 57.1 Å². The smallest absolute Gasteiger partial charge is 0.244 e. The lowest BCUT2D eigenvalue weighted by atomic mass is 9.30. The van der Waals surface area contributed by atoms with Gasteiger partial charge in [0.05, 0.1) is 80.5 Å². The maximum atomic E-state index is 10.1. The number of aromatic nitrogens is 4. The van der Waals surface area contributed by atoms with Crippen molar-refractivity contribution < 1.29 is 0 Å². The molecule has 9 heteroatoms. The van der Waals surface area contributed by atoms with Gasteiger partial charge in [-0.15, -0.1) is 0 Å². The van der Waals surface area contributed by atoms with E-state index in [0.717, 1.165) is 121 Å². The summed E-state index contributed by atoms with van der Waals surface area (Å²) in [6.07, 6.45) is 0. The molecule has 0 N–H and O–H groups in total. The molecule has 400 valence electrons. The first-order valence-electron chi connectivity index (χ1n) is 29.4. The van der Waals surface area contributed by atoms with E-state index in [9.17, 15) is 10.5 Å². The summed E-state index contributed by atoms with van der Waals surface area (Å²) in [4.78, 5) is 7.62. The zero-order chi connectivity index (χ0) is 58.4. The van der Waals surface area contributed by atoms with Crippen LogP contribution in [0, 0.1) is 42.7 Å². The van der Waals surface area contributed by atoms with Gasteiger partial charge >= 0.3 is 0 Å². The summed E-state index contributed by atoms with van der Waals surface area (Å²) < 4.78 is 9.62. The standard InChI is InChI=1S/C79H41BN8/c1-44-36-59-75-71-61(40-69-73(75)55-14-6-10-18-67(55)85(69)49-28-20-45(42-81)21-29-49)78-57(53-12-4-8-16-65(53)87(78)51-30-22-46(43-82)23-31-51)38-63(71)80-64-39-58-54-13-5-9-17-66(54)88(52-34-26-48(84-3)27-35-52)79(58)62-41-70-74(76(72(62)64)60(37-44)77(59)80)56-15-7-11-19-68(56)86(70)50-32-24-47(83-2)25-33-50/h4-41H,1H3. The van der Waals surface area contributed by atoms with E-state index in [1.165, 1.54) is 54.8 Å². The van der Waals surface area contributed by atoms with Crippen molar-refractivity contribution in [3.63, 3.8) is 0 Å². The third-order valence-corrected chi connectivity index (χ3v) is 19.2. The summed E-state index contributed by atoms with van der Waals surface area (Å²) in [5.41, 5.74) is 24.5. The Morgan fingerprint density at radius 3 is 1.09 bits per heavy atom. The molecule has 0 aliphatic carbocycles. The van der Waals surface area contributed by atoms with Crippen LogP contribution >= 0.6 is 0 Å². The van der Waals surface area contributed by atoms with Gasteiger partial charge in [-0.2, -0.15) is 10.5 Å². The van der Waals surface area contributed by atoms with Gasteiger partial charge in [0.1, 0.15) is 0 Å². The summed E-state index contributed by atoms with van der Waals surface area (Å²) in [7, 11) is 0. The van der Waals surface area contributed by atoms with Crippen LogP contribution in [0.15, 0.2) is 231 Å². The molecule has 0 spiro atoms. The van der Waals surface area contributed by atoms with Crippen LogP contribution in [0.2, 0.25) is 0 Å². The number of nitrogens with zero attached hydrogens (tertiary/aromatic N) is 8. The lowest BCUT2D eigenvalue weighted by Gasteiger charge is -2.36. The molecule has 0 saturated heterocycles. The van der Waals surface area contributed by atoms with Gasteiger partial charge in [0.2, 0.25) is 6.71 Å². The molecule has 88 heavy (non-hydrogen) atoms. The number of nitriles is 2. The predicted molar refractivity (Wildman–Crippen MR) is 361 cm³/mol. The molecular weight excluding hydrogens is 1070 g/mol. The minimum atomic E-state index is -0.238. The predicted octanol–water partition coefficient (Wildman–Crippen LogP) is 18.0. The van der Waals surface area contributed by atoms with Crippen LogP contribution in [-0.4, -0.2) is 25.0 Å². The average Bonchev–Trinajstić information content (AvgIpc) is 1.29. The second kappa shape index (κ2) is 17.4. The number of para-hydroxylation sites is 4. The molecule has 2 aliphatic rings. The van der Waals surface area contributed by atoms with E-state index < -0.39 is 0 Å². The summed E-state index contributed by atoms with van der Waals surface area (Å²) in [5.74, 6) is 0. The number of aryl methyl sites for hydroxylation is 1. The molecule has 0 bridgehead atoms. The summed E-state index contributed by atoms with van der Waals surface area (Å²) >= 11 is 0. The minimum Gasteiger partial charge on any atom is -0.309 e. The van der Waals surface area contributed by atoms with Crippen molar-refractivity contribution in [1.29, 1.82) is 10.5 Å². The van der Waals surface area contributed by atoms with Gasteiger partial charge in [0, 0.05) is 76.6 Å². The quantitative estimate of drug-likeness (QED) is 0.130. The second-order valence-corrected chi connectivity index (χ2v) is 23.6. The summed E-state index contributed by atoms with van der Waals surface area (Å²) in [6, 6.07) is 86.7. The highest BCUT2D eigenvalue weighted by Crippen LogP contribution is 2.53. The molecule has 8 nitrogen and oxygen atoms in total. The Labute approximate surface area is 503 Å². The number of fused-ring (bicyclic) bond motifs is 20. The number of hydrogen-bond acceptors (Lipinski definition) is 2. The van der Waals surface area contributed by atoms with E-state index in [1.807, 2.05) is 48.5 Å². The number of rotatable bonds is 4. The van der Waals surface area contributed by atoms with Crippen LogP contribution in [-0.2, 0) is 0 Å². The first-order chi connectivity index (χ1) is 43.4. The van der Waals surface area contributed by atoms with E-state index in [0.29, 0.717) is 22.5 Å². The van der Waals surface area contributed by atoms with Gasteiger partial charge in [-0.3, -0.25) is 0 Å². The topological polar surface area (TPSA) is 76.0 Å². The van der Waals surface area contributed by atoms with Crippen molar-refractivity contribution >= 4 is 143 Å². The van der Waals surface area contributed by atoms with Gasteiger partial charge in [-0.1, -0.05) is 138 Å². The molecule has 0 amide bonds. The monoisotopic (exact) mass is 1110 g/mol. The van der Waals surface area contributed by atoms with Crippen molar-refractivity contribution in [2.45, 2.75) is 6.92 Å². The van der Waals surface area contributed by atoms with E-state index in [2.05, 4.69) is 229 Å². The zero-order valence-electron chi connectivity index (χ0n) is 47.1. The minimum absolute atomic E-state index is 0.238. The Morgan fingerprint density at radius 2 is 0.705 bits per heavy atom. The van der Waals surface area contributed by atoms with E-state index >= 15 is 0 Å². The van der Waals surface area contributed by atoms with Gasteiger partial charge in [0.15, 0.2) is 11.4 Å². The van der Waals surface area contributed by atoms with Crippen molar-refractivity contribution in [1.82, 2.24) is 18.3 Å². The van der Waals surface area contributed by atoms with Gasteiger partial charge in [0.25, 0.3) is 0 Å². The maximum Gasteiger partial charge on any atom is 0.244 e. The van der Waals surface area contributed by atoms with Crippen molar-refractivity contribution in [2.24, 2.45) is 0 Å². The molecule has 0 unspecified atom stereocenters. The zero-order valence-corrected chi connectivity index (χ0v) is 47.1. The average molecular weight is 1110 g/mol. The van der Waals surface area contributed by atoms with Crippen molar-refractivity contribution in [2.75, 3.05) is 0 Å². The Bertz CT molecular complexity index is 5880. The van der Waals surface area contributed by atoms with E-state index in [4.69, 9.17) is 13.1 Å². The third-order valence-electron chi connectivity index (χ3n) is 19.2. The van der Waals surface area contributed by atoms with Crippen LogP contribution < -0.4 is 16.4 Å². The highest BCUT2D eigenvalue weighted by atomic mass is 15.0.